The third kappa shape index (κ3) is 7.09. The van der Waals surface area contributed by atoms with Gasteiger partial charge in [-0.2, -0.15) is 0 Å². The van der Waals surface area contributed by atoms with Crippen molar-refractivity contribution in [3.05, 3.63) is 87.7 Å². The molecule has 4 nitrogen and oxygen atoms in total. The summed E-state index contributed by atoms with van der Waals surface area (Å²) in [4.78, 5) is 4.31. The van der Waals surface area contributed by atoms with Crippen molar-refractivity contribution in [3.8, 4) is 11.5 Å². The quantitative estimate of drug-likeness (QED) is 0.542. The van der Waals surface area contributed by atoms with Crippen LogP contribution in [-0.4, -0.2) is 11.6 Å². The van der Waals surface area contributed by atoms with E-state index in [0.717, 1.165) is 16.8 Å². The van der Waals surface area contributed by atoms with Crippen molar-refractivity contribution in [3.63, 3.8) is 0 Å². The monoisotopic (exact) mass is 451 g/mol. The molecule has 0 fully saturated rings. The molecule has 0 bridgehead atoms. The van der Waals surface area contributed by atoms with Gasteiger partial charge < -0.3 is 27.2 Å². The van der Waals surface area contributed by atoms with E-state index in [9.17, 15) is 0 Å². The van der Waals surface area contributed by atoms with Gasteiger partial charge >= 0.3 is 0 Å². The van der Waals surface area contributed by atoms with Gasteiger partial charge in [0, 0.05) is 24.3 Å². The molecule has 1 N–H and O–H groups in total. The number of nitrogens with zero attached hydrogens (tertiary/aromatic N) is 1. The fourth-order valence-electron chi connectivity index (χ4n) is 2.70. The van der Waals surface area contributed by atoms with Gasteiger partial charge in [0.05, 0.1) is 17.3 Å². The molecule has 3 rings (SSSR count). The van der Waals surface area contributed by atoms with Gasteiger partial charge in [-0.05, 0) is 54.4 Å². The van der Waals surface area contributed by atoms with E-state index in [1.807, 2.05) is 61.5 Å². The predicted molar refractivity (Wildman–Crippen MR) is 113 cm³/mol. The molecule has 29 heavy (non-hydrogen) atoms. The minimum atomic E-state index is 0. The van der Waals surface area contributed by atoms with Crippen LogP contribution in [0.15, 0.2) is 60.8 Å². The highest BCUT2D eigenvalue weighted by Crippen LogP contribution is 2.37. The molecule has 0 saturated carbocycles. The summed E-state index contributed by atoms with van der Waals surface area (Å²) in [6, 6.07) is 17.2. The molecule has 0 atom stereocenters. The van der Waals surface area contributed by atoms with Gasteiger partial charge in [0.1, 0.15) is 6.61 Å². The van der Waals surface area contributed by atoms with Crippen molar-refractivity contribution in [1.29, 1.82) is 0 Å². The van der Waals surface area contributed by atoms with Crippen molar-refractivity contribution in [1.82, 2.24) is 10.3 Å². The maximum atomic E-state index is 6.49. The van der Waals surface area contributed by atoms with Crippen molar-refractivity contribution < 1.29 is 21.9 Å². The molecule has 1 heterocycles. The number of pyridine rings is 1. The van der Waals surface area contributed by atoms with Gasteiger partial charge in [-0.15, -0.1) is 0 Å². The summed E-state index contributed by atoms with van der Waals surface area (Å²) in [7, 11) is 0. The largest absolute Gasteiger partial charge is 1.00 e. The number of halogens is 3. The second kappa shape index (κ2) is 11.9. The van der Waals surface area contributed by atoms with E-state index in [1.54, 1.807) is 6.20 Å². The van der Waals surface area contributed by atoms with Gasteiger partial charge in [0.2, 0.25) is 0 Å². The second-order valence-electron chi connectivity index (χ2n) is 6.18. The Bertz CT molecular complexity index is 891. The SMILES string of the molecule is CCOc1cc(CNCc2ccccn2)cc(Cl)c1OCc1ccc(Cl)cc1.[Cl-]. The molecular weight excluding hydrogens is 431 g/mol. The number of hydrogen-bond donors (Lipinski definition) is 1. The molecular formula is C22H22Cl3N2O2-. The fourth-order valence-corrected chi connectivity index (χ4v) is 3.11. The number of ether oxygens (including phenoxy) is 2. The van der Waals surface area contributed by atoms with Crippen LogP contribution in [0.1, 0.15) is 23.7 Å². The van der Waals surface area contributed by atoms with Crippen LogP contribution in [0.5, 0.6) is 11.5 Å². The minimum Gasteiger partial charge on any atom is -1.00 e. The Balaban J connectivity index is 0.00000300. The molecule has 0 aliphatic heterocycles. The molecule has 3 aromatic rings. The second-order valence-corrected chi connectivity index (χ2v) is 7.02. The lowest BCUT2D eigenvalue weighted by atomic mass is 10.2. The summed E-state index contributed by atoms with van der Waals surface area (Å²) >= 11 is 12.4. The molecule has 2 aromatic carbocycles. The maximum Gasteiger partial charge on any atom is 0.180 e. The van der Waals surface area contributed by atoms with E-state index in [4.69, 9.17) is 32.7 Å². The van der Waals surface area contributed by atoms with Gasteiger partial charge in [0.25, 0.3) is 0 Å². The summed E-state index contributed by atoms with van der Waals surface area (Å²) in [5.74, 6) is 1.19. The summed E-state index contributed by atoms with van der Waals surface area (Å²) in [6.45, 7) is 4.17. The first-order valence-electron chi connectivity index (χ1n) is 9.08. The smallest absolute Gasteiger partial charge is 0.180 e. The standard InChI is InChI=1S/C22H22Cl2N2O2.ClH/c1-2-27-21-12-17(13-25-14-19-5-3-4-10-26-19)11-20(24)22(21)28-15-16-6-8-18(23)9-7-16;/h3-12,25H,2,13-15H2,1H3;1H/p-1. The highest BCUT2D eigenvalue weighted by Gasteiger charge is 2.13. The number of hydrogen-bond acceptors (Lipinski definition) is 4. The average Bonchev–Trinajstić information content (AvgIpc) is 2.70. The molecule has 0 saturated heterocycles. The predicted octanol–water partition coefficient (Wildman–Crippen LogP) is 2.66. The highest BCUT2D eigenvalue weighted by molar-refractivity contribution is 6.32. The Kier molecular flexibility index (Phi) is 9.55. The van der Waals surface area contributed by atoms with Crippen molar-refractivity contribution >= 4 is 23.2 Å². The third-order valence-corrected chi connectivity index (χ3v) is 4.56. The number of benzene rings is 2. The zero-order chi connectivity index (χ0) is 19.8. The van der Waals surface area contributed by atoms with E-state index in [1.165, 1.54) is 0 Å². The first-order chi connectivity index (χ1) is 13.7. The molecule has 0 spiro atoms. The first kappa shape index (κ1) is 23.3. The van der Waals surface area contributed by atoms with Crippen LogP contribution >= 0.6 is 23.2 Å². The summed E-state index contributed by atoms with van der Waals surface area (Å²) < 4.78 is 11.7. The lowest BCUT2D eigenvalue weighted by molar-refractivity contribution is -0.00000636. The van der Waals surface area contributed by atoms with Crippen LogP contribution in [0.4, 0.5) is 0 Å². The molecule has 0 aliphatic carbocycles. The topological polar surface area (TPSA) is 43.4 Å². The van der Waals surface area contributed by atoms with Gasteiger partial charge in [-0.3, -0.25) is 4.98 Å². The lowest BCUT2D eigenvalue weighted by Gasteiger charge is -2.16. The van der Waals surface area contributed by atoms with Crippen molar-refractivity contribution in [2.45, 2.75) is 26.6 Å². The summed E-state index contributed by atoms with van der Waals surface area (Å²) in [6.07, 6.45) is 1.79. The van der Waals surface area contributed by atoms with Gasteiger partial charge in [-0.1, -0.05) is 41.4 Å². The molecule has 154 valence electrons. The molecule has 0 unspecified atom stereocenters. The van der Waals surface area contributed by atoms with E-state index >= 15 is 0 Å². The van der Waals surface area contributed by atoms with E-state index in [0.29, 0.717) is 47.8 Å². The van der Waals surface area contributed by atoms with Crippen LogP contribution in [0.3, 0.4) is 0 Å². The Hall–Kier alpha value is -1.98. The third-order valence-electron chi connectivity index (χ3n) is 4.03. The zero-order valence-electron chi connectivity index (χ0n) is 16.0. The average molecular weight is 453 g/mol. The number of nitrogens with one attached hydrogen (secondary N) is 1. The van der Waals surface area contributed by atoms with E-state index < -0.39 is 0 Å². The molecule has 0 radical (unpaired) electrons. The van der Waals surface area contributed by atoms with E-state index in [2.05, 4.69) is 10.3 Å². The van der Waals surface area contributed by atoms with Crippen LogP contribution in [-0.2, 0) is 19.7 Å². The number of rotatable bonds is 9. The zero-order valence-corrected chi connectivity index (χ0v) is 18.3. The van der Waals surface area contributed by atoms with Gasteiger partial charge in [-0.25, -0.2) is 0 Å². The summed E-state index contributed by atoms with van der Waals surface area (Å²) in [5.41, 5.74) is 3.01. The van der Waals surface area contributed by atoms with Crippen molar-refractivity contribution in [2.75, 3.05) is 6.61 Å². The molecule has 0 amide bonds. The molecule has 1 aromatic heterocycles. The van der Waals surface area contributed by atoms with Crippen LogP contribution < -0.4 is 27.2 Å². The number of aromatic nitrogens is 1. The normalized spacial score (nSPS) is 10.3. The van der Waals surface area contributed by atoms with Crippen molar-refractivity contribution in [2.24, 2.45) is 0 Å². The summed E-state index contributed by atoms with van der Waals surface area (Å²) in [5, 5.41) is 4.58. The minimum absolute atomic E-state index is 0. The fraction of sp³-hybridized carbons (Fsp3) is 0.227. The Morgan fingerprint density at radius 1 is 0.931 bits per heavy atom. The van der Waals surface area contributed by atoms with E-state index in [-0.39, 0.29) is 12.4 Å². The maximum absolute atomic E-state index is 6.49. The molecule has 0 aliphatic rings. The van der Waals surface area contributed by atoms with Crippen LogP contribution in [0.25, 0.3) is 0 Å². The Labute approximate surface area is 187 Å². The van der Waals surface area contributed by atoms with Gasteiger partial charge in [0.15, 0.2) is 11.5 Å². The van der Waals surface area contributed by atoms with Crippen LogP contribution in [0.2, 0.25) is 10.0 Å². The van der Waals surface area contributed by atoms with Crippen LogP contribution in [0, 0.1) is 0 Å². The Morgan fingerprint density at radius 3 is 2.41 bits per heavy atom. The lowest BCUT2D eigenvalue weighted by Crippen LogP contribution is -3.00. The first-order valence-corrected chi connectivity index (χ1v) is 9.84. The molecule has 7 heteroatoms. The Morgan fingerprint density at radius 2 is 1.72 bits per heavy atom. The highest BCUT2D eigenvalue weighted by atomic mass is 35.5.